The lowest BCUT2D eigenvalue weighted by atomic mass is 9.88. The first-order chi connectivity index (χ1) is 13.5. The first-order valence-electron chi connectivity index (χ1n) is 8.58. The molecule has 2 aromatic carbocycles. The molecule has 1 amide bonds. The highest BCUT2D eigenvalue weighted by atomic mass is 35.5. The summed E-state index contributed by atoms with van der Waals surface area (Å²) in [6.07, 6.45) is 0.229. The molecule has 0 bridgehead atoms. The van der Waals surface area contributed by atoms with E-state index in [0.29, 0.717) is 27.6 Å². The monoisotopic (exact) mass is 413 g/mol. The molecule has 7 heteroatoms. The molecule has 0 spiro atoms. The van der Waals surface area contributed by atoms with Crippen molar-refractivity contribution in [2.24, 2.45) is 0 Å². The summed E-state index contributed by atoms with van der Waals surface area (Å²) in [5, 5.41) is 13.2. The summed E-state index contributed by atoms with van der Waals surface area (Å²) < 4.78 is 5.47. The van der Waals surface area contributed by atoms with Gasteiger partial charge in [0.25, 0.3) is 0 Å². The second-order valence-electron chi connectivity index (χ2n) is 6.40. The van der Waals surface area contributed by atoms with Gasteiger partial charge in [0, 0.05) is 33.4 Å². The minimum atomic E-state index is -1.03. The molecule has 2 N–H and O–H groups in total. The predicted octanol–water partition coefficient (Wildman–Crippen LogP) is 5.25. The van der Waals surface area contributed by atoms with Crippen molar-refractivity contribution in [3.8, 4) is 16.9 Å². The highest BCUT2D eigenvalue weighted by Gasteiger charge is 2.35. The van der Waals surface area contributed by atoms with Crippen molar-refractivity contribution >= 4 is 40.5 Å². The summed E-state index contributed by atoms with van der Waals surface area (Å²) in [5.74, 6) is -0.791. The summed E-state index contributed by atoms with van der Waals surface area (Å²) in [7, 11) is 1.58. The molecule has 0 saturated heterocycles. The van der Waals surface area contributed by atoms with E-state index < -0.39 is 5.97 Å². The highest BCUT2D eigenvalue weighted by Crippen LogP contribution is 2.50. The van der Waals surface area contributed by atoms with Crippen molar-refractivity contribution in [2.75, 3.05) is 12.4 Å². The quantitative estimate of drug-likeness (QED) is 0.612. The van der Waals surface area contributed by atoms with Crippen LogP contribution in [0.5, 0.6) is 5.75 Å². The van der Waals surface area contributed by atoms with Crippen LogP contribution in [-0.2, 0) is 4.79 Å². The van der Waals surface area contributed by atoms with Gasteiger partial charge in [-0.15, -0.1) is 11.3 Å². The van der Waals surface area contributed by atoms with Crippen molar-refractivity contribution in [2.45, 2.75) is 12.3 Å². The average Bonchev–Trinajstić information content (AvgIpc) is 3.07. The third kappa shape index (κ3) is 3.15. The summed E-state index contributed by atoms with van der Waals surface area (Å²) in [6.45, 7) is 0. The smallest absolute Gasteiger partial charge is 0.346 e. The standard InChI is InChI=1S/C21H16ClNO4S/c1-27-15-5-3-2-4-13(15)14-10-16(24)23-18-17(11-6-8-12(22)9-7-11)20(21(25)26)28-19(14)18/h2-9,14H,10H2,1H3,(H,23,24)(H,25,26). The van der Waals surface area contributed by atoms with Crippen LogP contribution in [0, 0.1) is 0 Å². The van der Waals surface area contributed by atoms with E-state index in [2.05, 4.69) is 5.32 Å². The van der Waals surface area contributed by atoms with Crippen LogP contribution in [0.4, 0.5) is 5.69 Å². The van der Waals surface area contributed by atoms with Gasteiger partial charge < -0.3 is 15.2 Å². The molecule has 1 aromatic heterocycles. The van der Waals surface area contributed by atoms with Crippen molar-refractivity contribution in [1.82, 2.24) is 0 Å². The lowest BCUT2D eigenvalue weighted by molar-refractivity contribution is -0.116. The van der Waals surface area contributed by atoms with Crippen molar-refractivity contribution < 1.29 is 19.4 Å². The molecule has 1 atom stereocenters. The maximum absolute atomic E-state index is 12.5. The normalized spacial score (nSPS) is 15.6. The minimum absolute atomic E-state index is 0.159. The van der Waals surface area contributed by atoms with E-state index in [9.17, 15) is 14.7 Å². The molecule has 142 valence electrons. The van der Waals surface area contributed by atoms with Gasteiger partial charge in [-0.25, -0.2) is 4.79 Å². The van der Waals surface area contributed by atoms with Gasteiger partial charge >= 0.3 is 5.97 Å². The number of nitrogens with one attached hydrogen (secondary N) is 1. The number of anilines is 1. The summed E-state index contributed by atoms with van der Waals surface area (Å²) in [4.78, 5) is 25.5. The van der Waals surface area contributed by atoms with Crippen LogP contribution in [0.15, 0.2) is 48.5 Å². The second-order valence-corrected chi connectivity index (χ2v) is 7.89. The second kappa shape index (κ2) is 7.30. The molecule has 4 rings (SSSR count). The number of benzene rings is 2. The van der Waals surface area contributed by atoms with Crippen LogP contribution in [0.2, 0.25) is 5.02 Å². The maximum atomic E-state index is 12.5. The van der Waals surface area contributed by atoms with Crippen LogP contribution < -0.4 is 10.1 Å². The zero-order valence-corrected chi connectivity index (χ0v) is 16.4. The number of methoxy groups -OCH3 is 1. The number of hydrogen-bond acceptors (Lipinski definition) is 4. The molecule has 5 nitrogen and oxygen atoms in total. The Labute approximate surface area is 170 Å². The topological polar surface area (TPSA) is 75.6 Å². The molecular weight excluding hydrogens is 398 g/mol. The minimum Gasteiger partial charge on any atom is -0.496 e. The van der Waals surface area contributed by atoms with Gasteiger partial charge in [0.1, 0.15) is 10.6 Å². The fourth-order valence-electron chi connectivity index (χ4n) is 3.53. The number of thiophene rings is 1. The summed E-state index contributed by atoms with van der Waals surface area (Å²) in [6, 6.07) is 14.4. The highest BCUT2D eigenvalue weighted by molar-refractivity contribution is 7.15. The molecule has 28 heavy (non-hydrogen) atoms. The Morgan fingerprint density at radius 2 is 1.93 bits per heavy atom. The van der Waals surface area contributed by atoms with E-state index in [1.807, 2.05) is 24.3 Å². The number of hydrogen-bond donors (Lipinski definition) is 2. The number of carboxylic acid groups (broad SMARTS) is 1. The Bertz CT molecular complexity index is 1070. The Morgan fingerprint density at radius 1 is 1.21 bits per heavy atom. The number of carbonyl (C=O) groups is 2. The Morgan fingerprint density at radius 3 is 2.61 bits per heavy atom. The van der Waals surface area contributed by atoms with E-state index in [0.717, 1.165) is 10.4 Å². The van der Waals surface area contributed by atoms with E-state index in [1.165, 1.54) is 11.3 Å². The first-order valence-corrected chi connectivity index (χ1v) is 9.77. The van der Waals surface area contributed by atoms with Gasteiger partial charge in [-0.1, -0.05) is 41.9 Å². The lowest BCUT2D eigenvalue weighted by Crippen LogP contribution is -2.22. The van der Waals surface area contributed by atoms with Gasteiger partial charge in [0.05, 0.1) is 12.8 Å². The Hall–Kier alpha value is -2.83. The number of ether oxygens (including phenoxy) is 1. The van der Waals surface area contributed by atoms with Crippen LogP contribution in [0.3, 0.4) is 0 Å². The third-order valence-electron chi connectivity index (χ3n) is 4.75. The number of rotatable bonds is 4. The molecule has 0 radical (unpaired) electrons. The number of carboxylic acids is 1. The fraction of sp³-hybridized carbons (Fsp3) is 0.143. The molecule has 0 saturated carbocycles. The van der Waals surface area contributed by atoms with Gasteiger partial charge in [0.2, 0.25) is 5.91 Å². The zero-order valence-electron chi connectivity index (χ0n) is 14.9. The molecule has 3 aromatic rings. The van der Waals surface area contributed by atoms with Crippen LogP contribution in [0.1, 0.15) is 32.5 Å². The van der Waals surface area contributed by atoms with Crippen LogP contribution >= 0.6 is 22.9 Å². The van der Waals surface area contributed by atoms with Gasteiger partial charge in [-0.05, 0) is 23.8 Å². The van der Waals surface area contributed by atoms with Crippen molar-refractivity contribution in [1.29, 1.82) is 0 Å². The van der Waals surface area contributed by atoms with Crippen LogP contribution in [0.25, 0.3) is 11.1 Å². The van der Waals surface area contributed by atoms with Gasteiger partial charge in [-0.2, -0.15) is 0 Å². The average molecular weight is 414 g/mol. The predicted molar refractivity (Wildman–Crippen MR) is 110 cm³/mol. The number of para-hydroxylation sites is 1. The first kappa shape index (κ1) is 18.5. The number of aromatic carboxylic acids is 1. The van der Waals surface area contributed by atoms with Crippen LogP contribution in [-0.4, -0.2) is 24.1 Å². The molecule has 0 aliphatic carbocycles. The number of amides is 1. The zero-order chi connectivity index (χ0) is 19.8. The molecule has 0 fully saturated rings. The number of halogens is 1. The SMILES string of the molecule is COc1ccccc1C1CC(=O)Nc2c1sc(C(=O)O)c2-c1ccc(Cl)cc1. The van der Waals surface area contributed by atoms with E-state index >= 15 is 0 Å². The third-order valence-corrected chi connectivity index (χ3v) is 6.29. The number of carbonyl (C=O) groups excluding carboxylic acids is 1. The van der Waals surface area contributed by atoms with Crippen molar-refractivity contribution in [3.63, 3.8) is 0 Å². The fourth-order valence-corrected chi connectivity index (χ4v) is 4.90. The van der Waals surface area contributed by atoms with Gasteiger partial charge in [-0.3, -0.25) is 4.79 Å². The van der Waals surface area contributed by atoms with Gasteiger partial charge in [0.15, 0.2) is 0 Å². The largest absolute Gasteiger partial charge is 0.496 e. The Balaban J connectivity index is 1.95. The lowest BCUT2D eigenvalue weighted by Gasteiger charge is -2.25. The van der Waals surface area contributed by atoms with E-state index in [1.54, 1.807) is 31.4 Å². The molecule has 1 aliphatic rings. The van der Waals surface area contributed by atoms with Crippen molar-refractivity contribution in [3.05, 3.63) is 68.9 Å². The van der Waals surface area contributed by atoms with E-state index in [-0.39, 0.29) is 23.1 Å². The molecular formula is C21H16ClNO4S. The summed E-state index contributed by atoms with van der Waals surface area (Å²) >= 11 is 7.17. The molecule has 2 heterocycles. The van der Waals surface area contributed by atoms with E-state index in [4.69, 9.17) is 16.3 Å². The molecule has 1 unspecified atom stereocenters. The molecule has 1 aliphatic heterocycles. The maximum Gasteiger partial charge on any atom is 0.346 e. The Kier molecular flexibility index (Phi) is 4.83. The summed E-state index contributed by atoms with van der Waals surface area (Å²) in [5.41, 5.74) is 2.62. The number of fused-ring (bicyclic) bond motifs is 1.